The molecule has 1 N–H and O–H groups in total. The van der Waals surface area contributed by atoms with Gasteiger partial charge in [-0.05, 0) is 39.1 Å². The van der Waals surface area contributed by atoms with Crippen LogP contribution in [0, 0.1) is 6.92 Å². The smallest absolute Gasteiger partial charge is 0.130 e. The summed E-state index contributed by atoms with van der Waals surface area (Å²) >= 11 is 0. The van der Waals surface area contributed by atoms with Gasteiger partial charge in [-0.1, -0.05) is 0 Å². The summed E-state index contributed by atoms with van der Waals surface area (Å²) in [6, 6.07) is 2.07. The predicted molar refractivity (Wildman–Crippen MR) is 66.9 cm³/mol. The van der Waals surface area contributed by atoms with E-state index in [1.807, 2.05) is 7.05 Å². The van der Waals surface area contributed by atoms with E-state index in [-0.39, 0.29) is 0 Å². The summed E-state index contributed by atoms with van der Waals surface area (Å²) in [6.45, 7) is 5.60. The molecule has 0 radical (unpaired) electrons. The molecule has 4 heteroatoms. The molecule has 1 fully saturated rings. The SMILES string of the molecule is CNCc1oc(COC2CCN(C)C2)cc1C. The van der Waals surface area contributed by atoms with E-state index in [0.717, 1.165) is 37.6 Å². The zero-order valence-electron chi connectivity index (χ0n) is 11.0. The van der Waals surface area contributed by atoms with Gasteiger partial charge >= 0.3 is 0 Å². The Hall–Kier alpha value is -0.840. The Morgan fingerprint density at radius 1 is 1.59 bits per heavy atom. The minimum Gasteiger partial charge on any atom is -0.462 e. The highest BCUT2D eigenvalue weighted by molar-refractivity contribution is 5.19. The average molecular weight is 238 g/mol. The van der Waals surface area contributed by atoms with Crippen molar-refractivity contribution in [3.63, 3.8) is 0 Å². The normalized spacial score (nSPS) is 21.2. The van der Waals surface area contributed by atoms with Gasteiger partial charge in [-0.25, -0.2) is 0 Å². The first-order valence-electron chi connectivity index (χ1n) is 6.22. The number of hydrogen-bond acceptors (Lipinski definition) is 4. The van der Waals surface area contributed by atoms with E-state index in [1.165, 1.54) is 5.56 Å². The molecule has 96 valence electrons. The fourth-order valence-electron chi connectivity index (χ4n) is 2.23. The van der Waals surface area contributed by atoms with Crippen LogP contribution in [-0.4, -0.2) is 38.2 Å². The summed E-state index contributed by atoms with van der Waals surface area (Å²) in [5, 5.41) is 3.10. The monoisotopic (exact) mass is 238 g/mol. The van der Waals surface area contributed by atoms with Gasteiger partial charge in [-0.2, -0.15) is 0 Å². The van der Waals surface area contributed by atoms with Gasteiger partial charge in [0.1, 0.15) is 18.1 Å². The third-order valence-corrected chi connectivity index (χ3v) is 3.22. The number of nitrogens with zero attached hydrogens (tertiary/aromatic N) is 1. The van der Waals surface area contributed by atoms with Crippen LogP contribution in [0.3, 0.4) is 0 Å². The van der Waals surface area contributed by atoms with Gasteiger partial charge in [-0.15, -0.1) is 0 Å². The van der Waals surface area contributed by atoms with Crippen molar-refractivity contribution in [2.24, 2.45) is 0 Å². The van der Waals surface area contributed by atoms with E-state index in [0.29, 0.717) is 12.7 Å². The van der Waals surface area contributed by atoms with Crippen LogP contribution in [0.2, 0.25) is 0 Å². The maximum Gasteiger partial charge on any atom is 0.130 e. The number of likely N-dealkylation sites (N-methyl/N-ethyl adjacent to an activating group) is 1. The first kappa shape index (κ1) is 12.6. The zero-order chi connectivity index (χ0) is 12.3. The molecule has 1 unspecified atom stereocenters. The van der Waals surface area contributed by atoms with Gasteiger partial charge in [0.2, 0.25) is 0 Å². The largest absolute Gasteiger partial charge is 0.462 e. The maximum absolute atomic E-state index is 5.85. The van der Waals surface area contributed by atoms with E-state index < -0.39 is 0 Å². The number of hydrogen-bond donors (Lipinski definition) is 1. The number of rotatable bonds is 5. The zero-order valence-corrected chi connectivity index (χ0v) is 11.0. The molecule has 4 nitrogen and oxygen atoms in total. The van der Waals surface area contributed by atoms with Gasteiger partial charge in [0.05, 0.1) is 12.6 Å². The van der Waals surface area contributed by atoms with Crippen LogP contribution in [-0.2, 0) is 17.9 Å². The fourth-order valence-corrected chi connectivity index (χ4v) is 2.23. The second kappa shape index (κ2) is 5.67. The Balaban J connectivity index is 1.84. The van der Waals surface area contributed by atoms with Gasteiger partial charge in [0.25, 0.3) is 0 Å². The van der Waals surface area contributed by atoms with Gasteiger partial charge in [0, 0.05) is 13.1 Å². The number of nitrogens with one attached hydrogen (secondary N) is 1. The molecule has 0 aliphatic carbocycles. The molecule has 2 heterocycles. The highest BCUT2D eigenvalue weighted by Gasteiger charge is 2.20. The Morgan fingerprint density at radius 2 is 2.41 bits per heavy atom. The minimum atomic E-state index is 0.359. The number of aryl methyl sites for hydroxylation is 1. The van der Waals surface area contributed by atoms with Crippen LogP contribution in [0.1, 0.15) is 23.5 Å². The molecule has 1 aromatic rings. The van der Waals surface area contributed by atoms with Crippen LogP contribution in [0.5, 0.6) is 0 Å². The number of likely N-dealkylation sites (tertiary alicyclic amines) is 1. The van der Waals surface area contributed by atoms with E-state index in [1.54, 1.807) is 0 Å². The average Bonchev–Trinajstić information content (AvgIpc) is 2.84. The molecule has 1 atom stereocenters. The first-order chi connectivity index (χ1) is 8.19. The third kappa shape index (κ3) is 3.31. The molecule has 0 aromatic carbocycles. The summed E-state index contributed by atoms with van der Waals surface area (Å²) in [5.74, 6) is 1.94. The lowest BCUT2D eigenvalue weighted by Gasteiger charge is -2.10. The van der Waals surface area contributed by atoms with Crippen LogP contribution < -0.4 is 5.32 Å². The molecule has 0 amide bonds. The molecule has 0 spiro atoms. The summed E-state index contributed by atoms with van der Waals surface area (Å²) in [7, 11) is 4.05. The topological polar surface area (TPSA) is 37.6 Å². The van der Waals surface area contributed by atoms with Gasteiger partial charge in [0.15, 0.2) is 0 Å². The summed E-state index contributed by atoms with van der Waals surface area (Å²) in [6.07, 6.45) is 1.48. The summed E-state index contributed by atoms with van der Waals surface area (Å²) in [5.41, 5.74) is 1.20. The maximum atomic E-state index is 5.85. The molecule has 0 saturated carbocycles. The Kier molecular flexibility index (Phi) is 4.20. The van der Waals surface area contributed by atoms with E-state index in [4.69, 9.17) is 9.15 Å². The molecule has 1 saturated heterocycles. The van der Waals surface area contributed by atoms with E-state index >= 15 is 0 Å². The molecular formula is C13H22N2O2. The van der Waals surface area contributed by atoms with Crippen molar-refractivity contribution in [1.29, 1.82) is 0 Å². The quantitative estimate of drug-likeness (QED) is 0.844. The Bertz CT molecular complexity index is 362. The number of ether oxygens (including phenoxy) is 1. The molecule has 1 aliphatic rings. The fraction of sp³-hybridized carbons (Fsp3) is 0.692. The lowest BCUT2D eigenvalue weighted by Crippen LogP contribution is -2.18. The Morgan fingerprint density at radius 3 is 3.06 bits per heavy atom. The van der Waals surface area contributed by atoms with Crippen LogP contribution >= 0.6 is 0 Å². The van der Waals surface area contributed by atoms with Crippen molar-refractivity contribution in [2.75, 3.05) is 27.2 Å². The summed E-state index contributed by atoms with van der Waals surface area (Å²) in [4.78, 5) is 2.30. The standard InChI is InChI=1S/C13H22N2O2/c1-10-6-12(17-13(10)7-14-2)9-16-11-4-5-15(3)8-11/h6,11,14H,4-5,7-9H2,1-3H3. The van der Waals surface area contributed by atoms with Crippen LogP contribution in [0.25, 0.3) is 0 Å². The first-order valence-corrected chi connectivity index (χ1v) is 6.22. The van der Waals surface area contributed by atoms with Crippen molar-refractivity contribution in [3.05, 3.63) is 23.2 Å². The number of furan rings is 1. The minimum absolute atomic E-state index is 0.359. The molecule has 0 bridgehead atoms. The lowest BCUT2D eigenvalue weighted by atomic mass is 10.2. The van der Waals surface area contributed by atoms with Gasteiger partial charge in [-0.3, -0.25) is 0 Å². The van der Waals surface area contributed by atoms with Crippen molar-refractivity contribution in [1.82, 2.24) is 10.2 Å². The highest BCUT2D eigenvalue weighted by Crippen LogP contribution is 2.18. The Labute approximate surface area is 103 Å². The molecular weight excluding hydrogens is 216 g/mol. The van der Waals surface area contributed by atoms with E-state index in [2.05, 4.69) is 30.3 Å². The van der Waals surface area contributed by atoms with Crippen molar-refractivity contribution < 1.29 is 9.15 Å². The molecule has 1 aliphatic heterocycles. The lowest BCUT2D eigenvalue weighted by molar-refractivity contribution is 0.0378. The highest BCUT2D eigenvalue weighted by atomic mass is 16.5. The molecule has 1 aromatic heterocycles. The van der Waals surface area contributed by atoms with Crippen LogP contribution in [0.15, 0.2) is 10.5 Å². The van der Waals surface area contributed by atoms with Gasteiger partial charge < -0.3 is 19.4 Å². The van der Waals surface area contributed by atoms with Crippen molar-refractivity contribution in [2.45, 2.75) is 32.6 Å². The van der Waals surface area contributed by atoms with E-state index in [9.17, 15) is 0 Å². The van der Waals surface area contributed by atoms with Crippen molar-refractivity contribution in [3.8, 4) is 0 Å². The van der Waals surface area contributed by atoms with Crippen molar-refractivity contribution >= 4 is 0 Å². The predicted octanol–water partition coefficient (Wildman–Crippen LogP) is 1.53. The molecule has 2 rings (SSSR count). The molecule has 17 heavy (non-hydrogen) atoms. The summed E-state index contributed by atoms with van der Waals surface area (Å²) < 4.78 is 11.6. The van der Waals surface area contributed by atoms with Crippen LogP contribution in [0.4, 0.5) is 0 Å². The second-order valence-electron chi connectivity index (χ2n) is 4.83. The third-order valence-electron chi connectivity index (χ3n) is 3.22. The second-order valence-corrected chi connectivity index (χ2v) is 4.83.